The van der Waals surface area contributed by atoms with Gasteiger partial charge in [-0.15, -0.1) is 0 Å². The molecule has 2 aliphatic heterocycles. The fourth-order valence-electron chi connectivity index (χ4n) is 3.19. The van der Waals surface area contributed by atoms with E-state index in [4.69, 9.17) is 9.47 Å². The van der Waals surface area contributed by atoms with Crippen LogP contribution in [-0.4, -0.2) is 38.2 Å². The molecule has 2 aliphatic rings. The SMILES string of the molecule is COc1cc2c(cc1C(O)C1CCS(=O)(=O)C1)OC(C)C2. The zero-order valence-corrected chi connectivity index (χ0v) is 13.0. The molecule has 0 amide bonds. The Morgan fingerprint density at radius 1 is 1.43 bits per heavy atom. The van der Waals surface area contributed by atoms with Crippen LogP contribution in [0.3, 0.4) is 0 Å². The van der Waals surface area contributed by atoms with E-state index in [1.807, 2.05) is 13.0 Å². The fraction of sp³-hybridized carbons (Fsp3) is 0.600. The van der Waals surface area contributed by atoms with Crippen molar-refractivity contribution in [2.24, 2.45) is 5.92 Å². The lowest BCUT2D eigenvalue weighted by molar-refractivity contribution is 0.117. The summed E-state index contributed by atoms with van der Waals surface area (Å²) in [5.74, 6) is 1.27. The van der Waals surface area contributed by atoms with Crippen molar-refractivity contribution in [1.82, 2.24) is 0 Å². The Morgan fingerprint density at radius 3 is 2.81 bits per heavy atom. The van der Waals surface area contributed by atoms with Crippen molar-refractivity contribution in [3.8, 4) is 11.5 Å². The summed E-state index contributed by atoms with van der Waals surface area (Å²) in [6, 6.07) is 3.69. The maximum atomic E-state index is 11.6. The van der Waals surface area contributed by atoms with Crippen molar-refractivity contribution in [1.29, 1.82) is 0 Å². The predicted octanol–water partition coefficient (Wildman–Crippen LogP) is 1.49. The minimum atomic E-state index is -3.02. The molecule has 1 fully saturated rings. The summed E-state index contributed by atoms with van der Waals surface area (Å²) < 4.78 is 34.3. The van der Waals surface area contributed by atoms with E-state index in [1.165, 1.54) is 0 Å². The first kappa shape index (κ1) is 14.7. The summed E-state index contributed by atoms with van der Waals surface area (Å²) in [4.78, 5) is 0. The number of methoxy groups -OCH3 is 1. The van der Waals surface area contributed by atoms with Crippen molar-refractivity contribution in [2.45, 2.75) is 32.0 Å². The second-order valence-electron chi connectivity index (χ2n) is 5.94. The highest BCUT2D eigenvalue weighted by atomic mass is 32.2. The Balaban J connectivity index is 1.93. The molecule has 0 aromatic heterocycles. The first-order valence-electron chi connectivity index (χ1n) is 7.15. The van der Waals surface area contributed by atoms with E-state index in [9.17, 15) is 13.5 Å². The van der Waals surface area contributed by atoms with Gasteiger partial charge in [-0.05, 0) is 25.5 Å². The van der Waals surface area contributed by atoms with Crippen molar-refractivity contribution < 1.29 is 23.0 Å². The van der Waals surface area contributed by atoms with Crippen molar-refractivity contribution in [2.75, 3.05) is 18.6 Å². The molecule has 1 aromatic rings. The van der Waals surface area contributed by atoms with Gasteiger partial charge in [0.1, 0.15) is 17.6 Å². The Labute approximate surface area is 124 Å². The molecule has 21 heavy (non-hydrogen) atoms. The molecule has 0 radical (unpaired) electrons. The Kier molecular flexibility index (Phi) is 3.61. The predicted molar refractivity (Wildman–Crippen MR) is 78.5 cm³/mol. The number of rotatable bonds is 3. The van der Waals surface area contributed by atoms with Gasteiger partial charge in [0.25, 0.3) is 0 Å². The molecule has 0 spiro atoms. The van der Waals surface area contributed by atoms with E-state index in [1.54, 1.807) is 13.2 Å². The van der Waals surface area contributed by atoms with Crippen LogP contribution in [-0.2, 0) is 16.3 Å². The second kappa shape index (κ2) is 5.18. The molecule has 2 heterocycles. The van der Waals surface area contributed by atoms with E-state index < -0.39 is 15.9 Å². The van der Waals surface area contributed by atoms with Crippen LogP contribution in [0.5, 0.6) is 11.5 Å². The fourth-order valence-corrected chi connectivity index (χ4v) is 5.02. The summed E-state index contributed by atoms with van der Waals surface area (Å²) in [6.45, 7) is 1.99. The molecule has 3 atom stereocenters. The van der Waals surface area contributed by atoms with Crippen LogP contribution >= 0.6 is 0 Å². The van der Waals surface area contributed by atoms with Crippen LogP contribution in [0.2, 0.25) is 0 Å². The molecule has 0 saturated carbocycles. The van der Waals surface area contributed by atoms with E-state index in [2.05, 4.69) is 0 Å². The molecule has 0 bridgehead atoms. The molecular formula is C15H20O5S. The number of aliphatic hydroxyl groups is 1. The van der Waals surface area contributed by atoms with Gasteiger partial charge in [0.05, 0.1) is 24.7 Å². The average Bonchev–Trinajstić information content (AvgIpc) is 2.97. The number of hydrogen-bond acceptors (Lipinski definition) is 5. The normalized spacial score (nSPS) is 28.0. The minimum Gasteiger partial charge on any atom is -0.496 e. The maximum absolute atomic E-state index is 11.6. The van der Waals surface area contributed by atoms with Gasteiger partial charge in [-0.1, -0.05) is 0 Å². The molecule has 0 aliphatic carbocycles. The lowest BCUT2D eigenvalue weighted by Crippen LogP contribution is -2.15. The maximum Gasteiger partial charge on any atom is 0.150 e. The third-order valence-corrected chi connectivity index (χ3v) is 6.07. The number of ether oxygens (including phenoxy) is 2. The Bertz CT molecular complexity index is 652. The van der Waals surface area contributed by atoms with Crippen molar-refractivity contribution in [3.05, 3.63) is 23.3 Å². The summed E-state index contributed by atoms with van der Waals surface area (Å²) in [7, 11) is -1.46. The smallest absolute Gasteiger partial charge is 0.150 e. The van der Waals surface area contributed by atoms with E-state index in [-0.39, 0.29) is 23.5 Å². The summed E-state index contributed by atoms with van der Waals surface area (Å²) in [5.41, 5.74) is 1.68. The molecule has 3 unspecified atom stereocenters. The quantitative estimate of drug-likeness (QED) is 0.915. The monoisotopic (exact) mass is 312 g/mol. The number of benzene rings is 1. The van der Waals surface area contributed by atoms with Crippen LogP contribution < -0.4 is 9.47 Å². The lowest BCUT2D eigenvalue weighted by atomic mass is 9.93. The molecular weight excluding hydrogens is 292 g/mol. The Hall–Kier alpha value is -1.27. The van der Waals surface area contributed by atoms with E-state index >= 15 is 0 Å². The molecule has 6 heteroatoms. The van der Waals surface area contributed by atoms with Gasteiger partial charge in [-0.2, -0.15) is 0 Å². The summed E-state index contributed by atoms with van der Waals surface area (Å²) in [6.07, 6.45) is 0.576. The van der Waals surface area contributed by atoms with Gasteiger partial charge in [0, 0.05) is 23.5 Å². The number of fused-ring (bicyclic) bond motifs is 1. The largest absolute Gasteiger partial charge is 0.496 e. The topological polar surface area (TPSA) is 72.8 Å². The molecule has 1 saturated heterocycles. The molecule has 116 valence electrons. The number of sulfone groups is 1. The van der Waals surface area contributed by atoms with Gasteiger partial charge < -0.3 is 14.6 Å². The van der Waals surface area contributed by atoms with E-state index in [0.717, 1.165) is 17.7 Å². The highest BCUT2D eigenvalue weighted by Crippen LogP contribution is 2.41. The average molecular weight is 312 g/mol. The lowest BCUT2D eigenvalue weighted by Gasteiger charge is -2.20. The van der Waals surface area contributed by atoms with Crippen molar-refractivity contribution in [3.63, 3.8) is 0 Å². The zero-order chi connectivity index (χ0) is 15.2. The third-order valence-electron chi connectivity index (χ3n) is 4.28. The first-order chi connectivity index (χ1) is 9.89. The zero-order valence-electron chi connectivity index (χ0n) is 12.2. The third kappa shape index (κ3) is 2.74. The second-order valence-corrected chi connectivity index (χ2v) is 8.17. The molecule has 1 aromatic carbocycles. The number of aliphatic hydroxyl groups excluding tert-OH is 1. The first-order valence-corrected chi connectivity index (χ1v) is 8.97. The van der Waals surface area contributed by atoms with Gasteiger partial charge in [0.15, 0.2) is 9.84 Å². The molecule has 5 nitrogen and oxygen atoms in total. The minimum absolute atomic E-state index is 0.0334. The highest BCUT2D eigenvalue weighted by Gasteiger charge is 2.35. The van der Waals surface area contributed by atoms with Gasteiger partial charge in [0.2, 0.25) is 0 Å². The number of hydrogen-bond donors (Lipinski definition) is 1. The van der Waals surface area contributed by atoms with Crippen LogP contribution in [0, 0.1) is 5.92 Å². The van der Waals surface area contributed by atoms with Gasteiger partial charge in [-0.3, -0.25) is 0 Å². The van der Waals surface area contributed by atoms with Gasteiger partial charge in [-0.25, -0.2) is 8.42 Å². The van der Waals surface area contributed by atoms with Crippen LogP contribution in [0.25, 0.3) is 0 Å². The van der Waals surface area contributed by atoms with Crippen LogP contribution in [0.4, 0.5) is 0 Å². The van der Waals surface area contributed by atoms with Crippen LogP contribution in [0.1, 0.15) is 30.6 Å². The van der Waals surface area contributed by atoms with Gasteiger partial charge >= 0.3 is 0 Å². The summed E-state index contributed by atoms with van der Waals surface area (Å²) in [5, 5.41) is 10.6. The van der Waals surface area contributed by atoms with Crippen molar-refractivity contribution >= 4 is 9.84 Å². The van der Waals surface area contributed by atoms with Crippen LogP contribution in [0.15, 0.2) is 12.1 Å². The standard InChI is InChI=1S/C15H20O5S/c1-9-5-11-6-14(19-2)12(7-13(11)20-9)15(16)10-3-4-21(17,18)8-10/h6-7,9-10,15-16H,3-5,8H2,1-2H3. The highest BCUT2D eigenvalue weighted by molar-refractivity contribution is 7.91. The van der Waals surface area contributed by atoms with E-state index in [0.29, 0.717) is 17.7 Å². The molecule has 1 N–H and O–H groups in total. The summed E-state index contributed by atoms with van der Waals surface area (Å²) >= 11 is 0. The molecule has 3 rings (SSSR count). The Morgan fingerprint density at radius 2 is 2.19 bits per heavy atom.